The monoisotopic (exact) mass is 209 g/mol. The van der Waals surface area contributed by atoms with E-state index in [0.717, 1.165) is 16.9 Å². The molecule has 1 nitrogen and oxygen atoms in total. The highest BCUT2D eigenvalue weighted by molar-refractivity contribution is 5.47. The summed E-state index contributed by atoms with van der Waals surface area (Å²) in [5.41, 5.74) is 2.16. The Hall–Kier alpha value is -2.02. The molecule has 16 heavy (non-hydrogen) atoms. The van der Waals surface area contributed by atoms with Crippen LogP contribution in [0.15, 0.2) is 54.6 Å². The Kier molecular flexibility index (Phi) is 3.39. The molecule has 0 heterocycles. The van der Waals surface area contributed by atoms with Crippen LogP contribution >= 0.6 is 0 Å². The SMILES string of the molecule is [CH]=Cc1ccc(OCc2ccccc2)cc1. The molecule has 1 radical (unpaired) electrons. The lowest BCUT2D eigenvalue weighted by atomic mass is 10.2. The smallest absolute Gasteiger partial charge is 0.119 e. The molecule has 2 rings (SSSR count). The van der Waals surface area contributed by atoms with Crippen molar-refractivity contribution >= 4 is 6.08 Å². The molecule has 2 aromatic rings. The summed E-state index contributed by atoms with van der Waals surface area (Å²) in [4.78, 5) is 0. The second-order valence-corrected chi connectivity index (χ2v) is 3.51. The Bertz CT molecular complexity index is 443. The van der Waals surface area contributed by atoms with Gasteiger partial charge in [-0.15, -0.1) is 0 Å². The van der Waals surface area contributed by atoms with Gasteiger partial charge in [0, 0.05) is 0 Å². The first-order valence-corrected chi connectivity index (χ1v) is 5.20. The van der Waals surface area contributed by atoms with Gasteiger partial charge in [0.2, 0.25) is 0 Å². The van der Waals surface area contributed by atoms with Crippen LogP contribution < -0.4 is 4.74 Å². The Morgan fingerprint density at radius 2 is 1.62 bits per heavy atom. The molecule has 0 aliphatic carbocycles. The molecule has 0 aromatic heterocycles. The minimum Gasteiger partial charge on any atom is -0.489 e. The van der Waals surface area contributed by atoms with Gasteiger partial charge >= 0.3 is 0 Å². The van der Waals surface area contributed by atoms with E-state index in [0.29, 0.717) is 6.61 Å². The lowest BCUT2D eigenvalue weighted by Crippen LogP contribution is -1.94. The molecule has 0 atom stereocenters. The summed E-state index contributed by atoms with van der Waals surface area (Å²) in [6, 6.07) is 17.8. The van der Waals surface area contributed by atoms with Crippen LogP contribution in [0.25, 0.3) is 6.08 Å². The zero-order valence-electron chi connectivity index (χ0n) is 8.97. The summed E-state index contributed by atoms with van der Waals surface area (Å²) < 4.78 is 5.64. The van der Waals surface area contributed by atoms with Crippen molar-refractivity contribution in [1.29, 1.82) is 0 Å². The van der Waals surface area contributed by atoms with E-state index in [1.165, 1.54) is 0 Å². The molecule has 0 fully saturated rings. The first kappa shape index (κ1) is 10.5. The standard InChI is InChI=1S/C15H13O/c1-2-13-8-10-15(11-9-13)16-12-14-6-4-3-5-7-14/h1-11H,12H2. The van der Waals surface area contributed by atoms with E-state index < -0.39 is 0 Å². The van der Waals surface area contributed by atoms with Crippen LogP contribution in [0, 0.1) is 6.58 Å². The third-order valence-electron chi connectivity index (χ3n) is 2.32. The fourth-order valence-electron chi connectivity index (χ4n) is 1.42. The number of hydrogen-bond donors (Lipinski definition) is 0. The van der Waals surface area contributed by atoms with Gasteiger partial charge in [0.15, 0.2) is 0 Å². The third-order valence-corrected chi connectivity index (χ3v) is 2.32. The van der Waals surface area contributed by atoms with Gasteiger partial charge in [-0.3, -0.25) is 0 Å². The second-order valence-electron chi connectivity index (χ2n) is 3.51. The average molecular weight is 209 g/mol. The molecular weight excluding hydrogens is 196 g/mol. The molecule has 0 aliphatic heterocycles. The van der Waals surface area contributed by atoms with E-state index >= 15 is 0 Å². The Morgan fingerprint density at radius 1 is 0.938 bits per heavy atom. The van der Waals surface area contributed by atoms with Crippen LogP contribution in [0.1, 0.15) is 11.1 Å². The topological polar surface area (TPSA) is 9.23 Å². The summed E-state index contributed by atoms with van der Waals surface area (Å²) in [5, 5.41) is 0. The summed E-state index contributed by atoms with van der Waals surface area (Å²) in [5.74, 6) is 0.856. The minimum atomic E-state index is 0.590. The maximum absolute atomic E-state index is 5.64. The summed E-state index contributed by atoms with van der Waals surface area (Å²) in [7, 11) is 0. The number of ether oxygens (including phenoxy) is 1. The van der Waals surface area contributed by atoms with Crippen molar-refractivity contribution in [1.82, 2.24) is 0 Å². The quantitative estimate of drug-likeness (QED) is 0.745. The molecule has 79 valence electrons. The number of hydrogen-bond acceptors (Lipinski definition) is 1. The van der Waals surface area contributed by atoms with Crippen molar-refractivity contribution in [3.8, 4) is 5.75 Å². The average Bonchev–Trinajstić information content (AvgIpc) is 2.38. The Labute approximate surface area is 96.0 Å². The van der Waals surface area contributed by atoms with Crippen LogP contribution in [0.4, 0.5) is 0 Å². The van der Waals surface area contributed by atoms with Gasteiger partial charge in [-0.05, 0) is 23.3 Å². The van der Waals surface area contributed by atoms with Gasteiger partial charge in [0.25, 0.3) is 0 Å². The van der Waals surface area contributed by atoms with Gasteiger partial charge < -0.3 is 4.74 Å². The van der Waals surface area contributed by atoms with Crippen molar-refractivity contribution in [3.63, 3.8) is 0 Å². The maximum atomic E-state index is 5.64. The molecule has 0 N–H and O–H groups in total. The van der Waals surface area contributed by atoms with Crippen molar-refractivity contribution in [2.24, 2.45) is 0 Å². The van der Waals surface area contributed by atoms with Gasteiger partial charge in [-0.25, -0.2) is 0 Å². The van der Waals surface area contributed by atoms with E-state index in [-0.39, 0.29) is 0 Å². The first-order chi connectivity index (χ1) is 7.88. The molecule has 0 amide bonds. The largest absolute Gasteiger partial charge is 0.489 e. The molecule has 2 aromatic carbocycles. The predicted octanol–water partition coefficient (Wildman–Crippen LogP) is 3.71. The predicted molar refractivity (Wildman–Crippen MR) is 66.0 cm³/mol. The van der Waals surface area contributed by atoms with Crippen LogP contribution in [0.3, 0.4) is 0 Å². The number of rotatable bonds is 4. The molecule has 0 saturated carbocycles. The highest BCUT2D eigenvalue weighted by atomic mass is 16.5. The summed E-state index contributed by atoms with van der Waals surface area (Å²) in [6.07, 6.45) is 1.57. The molecule has 0 saturated heterocycles. The minimum absolute atomic E-state index is 0.590. The molecular formula is C15H13O. The lowest BCUT2D eigenvalue weighted by Gasteiger charge is -2.06. The Balaban J connectivity index is 1.97. The first-order valence-electron chi connectivity index (χ1n) is 5.20. The second kappa shape index (κ2) is 5.17. The van der Waals surface area contributed by atoms with Crippen LogP contribution in [-0.4, -0.2) is 0 Å². The third kappa shape index (κ3) is 2.74. The van der Waals surface area contributed by atoms with Crippen molar-refractivity contribution in [3.05, 3.63) is 72.3 Å². The molecule has 1 heteroatoms. The lowest BCUT2D eigenvalue weighted by molar-refractivity contribution is 0.306. The van der Waals surface area contributed by atoms with Gasteiger partial charge in [-0.2, -0.15) is 0 Å². The zero-order valence-corrected chi connectivity index (χ0v) is 8.97. The fourth-order valence-corrected chi connectivity index (χ4v) is 1.42. The van der Waals surface area contributed by atoms with Crippen LogP contribution in [0.2, 0.25) is 0 Å². The number of benzene rings is 2. The summed E-state index contributed by atoms with van der Waals surface area (Å²) >= 11 is 0. The van der Waals surface area contributed by atoms with Crippen LogP contribution in [0.5, 0.6) is 5.75 Å². The van der Waals surface area contributed by atoms with Gasteiger partial charge in [0.05, 0.1) is 0 Å². The molecule has 0 aliphatic rings. The van der Waals surface area contributed by atoms with Crippen molar-refractivity contribution in [2.75, 3.05) is 0 Å². The molecule has 0 bridgehead atoms. The maximum Gasteiger partial charge on any atom is 0.119 e. The molecule has 0 unspecified atom stereocenters. The zero-order chi connectivity index (χ0) is 11.2. The van der Waals surface area contributed by atoms with Crippen LogP contribution in [-0.2, 0) is 6.61 Å². The van der Waals surface area contributed by atoms with E-state index in [1.807, 2.05) is 54.6 Å². The van der Waals surface area contributed by atoms with Gasteiger partial charge in [-0.1, -0.05) is 55.1 Å². The summed E-state index contributed by atoms with van der Waals surface area (Å²) in [6.45, 7) is 5.99. The highest BCUT2D eigenvalue weighted by Crippen LogP contribution is 2.14. The van der Waals surface area contributed by atoms with Gasteiger partial charge in [0.1, 0.15) is 12.4 Å². The van der Waals surface area contributed by atoms with E-state index in [4.69, 9.17) is 11.3 Å². The van der Waals surface area contributed by atoms with E-state index in [9.17, 15) is 0 Å². The fraction of sp³-hybridized carbons (Fsp3) is 0.0667. The van der Waals surface area contributed by atoms with E-state index in [1.54, 1.807) is 6.08 Å². The Morgan fingerprint density at radius 3 is 2.25 bits per heavy atom. The molecule has 0 spiro atoms. The van der Waals surface area contributed by atoms with Crippen molar-refractivity contribution < 1.29 is 4.74 Å². The normalized spacial score (nSPS) is 9.75. The highest BCUT2D eigenvalue weighted by Gasteiger charge is 1.94. The van der Waals surface area contributed by atoms with E-state index in [2.05, 4.69) is 0 Å². The van der Waals surface area contributed by atoms with Crippen molar-refractivity contribution in [2.45, 2.75) is 6.61 Å².